The van der Waals surface area contributed by atoms with Crippen molar-refractivity contribution in [3.05, 3.63) is 60.1 Å². The van der Waals surface area contributed by atoms with E-state index in [1.807, 2.05) is 0 Å². The number of hydrogen-bond donors (Lipinski definition) is 3. The molecule has 0 spiro atoms. The molecular weight excluding hydrogens is 417 g/mol. The van der Waals surface area contributed by atoms with Crippen LogP contribution in [0.15, 0.2) is 43.0 Å². The van der Waals surface area contributed by atoms with Gasteiger partial charge in [-0.25, -0.2) is 9.37 Å². The fourth-order valence-corrected chi connectivity index (χ4v) is 3.30. The number of anilines is 2. The van der Waals surface area contributed by atoms with E-state index in [1.54, 1.807) is 12.1 Å². The van der Waals surface area contributed by atoms with Crippen LogP contribution in [0, 0.1) is 5.82 Å². The molecule has 0 bridgehead atoms. The molecule has 10 nitrogen and oxygen atoms in total. The quantitative estimate of drug-likeness (QED) is 0.492. The Balaban J connectivity index is 1.32. The molecule has 3 aromatic heterocycles. The zero-order valence-electron chi connectivity index (χ0n) is 17.2. The predicted octanol–water partition coefficient (Wildman–Crippen LogP) is 2.32. The average molecular weight is 439 g/mol. The molecular formula is C21H22FN7O3. The maximum atomic E-state index is 13.3. The smallest absolute Gasteiger partial charge is 0.278 e. The van der Waals surface area contributed by atoms with E-state index in [9.17, 15) is 14.0 Å². The van der Waals surface area contributed by atoms with Gasteiger partial charge in [0.1, 0.15) is 12.4 Å². The first-order chi connectivity index (χ1) is 15.6. The molecule has 1 aliphatic rings. The molecule has 1 saturated heterocycles. The molecule has 4 heterocycles. The van der Waals surface area contributed by atoms with E-state index < -0.39 is 17.6 Å². The zero-order chi connectivity index (χ0) is 22.3. The van der Waals surface area contributed by atoms with Gasteiger partial charge >= 0.3 is 0 Å². The van der Waals surface area contributed by atoms with Gasteiger partial charge in [0.05, 0.1) is 29.3 Å². The van der Waals surface area contributed by atoms with Crippen LogP contribution in [-0.4, -0.2) is 63.1 Å². The van der Waals surface area contributed by atoms with E-state index >= 15 is 0 Å². The van der Waals surface area contributed by atoms with Crippen molar-refractivity contribution in [2.45, 2.75) is 12.8 Å². The van der Waals surface area contributed by atoms with Crippen molar-refractivity contribution in [1.82, 2.24) is 25.1 Å². The van der Waals surface area contributed by atoms with E-state index in [0.29, 0.717) is 18.2 Å². The van der Waals surface area contributed by atoms with Crippen molar-refractivity contribution >= 4 is 23.2 Å². The Bertz CT molecular complexity index is 1080. The van der Waals surface area contributed by atoms with Crippen molar-refractivity contribution in [3.8, 4) is 5.88 Å². The van der Waals surface area contributed by atoms with Crippen LogP contribution in [0.1, 0.15) is 33.7 Å². The molecule has 0 saturated carbocycles. The minimum Gasteiger partial charge on any atom is -0.476 e. The summed E-state index contributed by atoms with van der Waals surface area (Å²) in [6.07, 6.45) is 7.51. The molecule has 166 valence electrons. The predicted molar refractivity (Wildman–Crippen MR) is 114 cm³/mol. The van der Waals surface area contributed by atoms with Crippen molar-refractivity contribution < 1.29 is 18.7 Å². The number of carbonyl (C=O) groups excluding carboxylic acids is 2. The summed E-state index contributed by atoms with van der Waals surface area (Å²) in [5.74, 6) is -1.34. The molecule has 0 aliphatic carbocycles. The standard InChI is InChI=1S/C21H22FN7O3/c22-15-9-14(10-23-11-15)20(30)27-17-13-25-28-19(17)21(31)26-16-3-4-18(24-12-16)32-8-7-29-5-1-2-6-29/h3-4,9-13H,1-2,5-8H2,(H,25,28)(H,26,31)(H,27,30). The summed E-state index contributed by atoms with van der Waals surface area (Å²) in [5, 5.41) is 11.6. The van der Waals surface area contributed by atoms with Crippen LogP contribution in [0.5, 0.6) is 5.88 Å². The molecule has 0 aromatic carbocycles. The highest BCUT2D eigenvalue weighted by atomic mass is 19.1. The number of halogens is 1. The number of nitrogens with zero attached hydrogens (tertiary/aromatic N) is 4. The van der Waals surface area contributed by atoms with E-state index in [0.717, 1.165) is 31.9 Å². The largest absolute Gasteiger partial charge is 0.476 e. The van der Waals surface area contributed by atoms with Crippen LogP contribution in [-0.2, 0) is 0 Å². The number of H-pyrrole nitrogens is 1. The lowest BCUT2D eigenvalue weighted by molar-refractivity contribution is 0.102. The summed E-state index contributed by atoms with van der Waals surface area (Å²) in [6.45, 7) is 3.63. The van der Waals surface area contributed by atoms with Gasteiger partial charge in [0, 0.05) is 25.0 Å². The summed E-state index contributed by atoms with van der Waals surface area (Å²) in [7, 11) is 0. The number of amides is 2. The Morgan fingerprint density at radius 1 is 1.12 bits per heavy atom. The number of aromatic nitrogens is 4. The lowest BCUT2D eigenvalue weighted by atomic mass is 10.2. The maximum Gasteiger partial charge on any atom is 0.278 e. The topological polar surface area (TPSA) is 125 Å². The second-order valence-electron chi connectivity index (χ2n) is 7.23. The number of ether oxygens (including phenoxy) is 1. The van der Waals surface area contributed by atoms with E-state index in [2.05, 4.69) is 35.7 Å². The Hall–Kier alpha value is -3.86. The normalized spacial score (nSPS) is 13.7. The third-order valence-electron chi connectivity index (χ3n) is 4.92. The van der Waals surface area contributed by atoms with Gasteiger partial charge in [0.25, 0.3) is 11.8 Å². The number of rotatable bonds is 8. The number of hydrogen-bond acceptors (Lipinski definition) is 7. The van der Waals surface area contributed by atoms with E-state index in [4.69, 9.17) is 4.74 Å². The highest BCUT2D eigenvalue weighted by molar-refractivity contribution is 6.11. The lowest BCUT2D eigenvalue weighted by Crippen LogP contribution is -2.25. The van der Waals surface area contributed by atoms with Crippen LogP contribution in [0.25, 0.3) is 0 Å². The Morgan fingerprint density at radius 2 is 1.97 bits per heavy atom. The molecule has 0 unspecified atom stereocenters. The molecule has 11 heteroatoms. The van der Waals surface area contributed by atoms with E-state index in [1.165, 1.54) is 31.4 Å². The molecule has 1 aliphatic heterocycles. The Labute approximate surface area is 183 Å². The SMILES string of the molecule is O=C(Nc1c[nH]nc1C(=O)Nc1ccc(OCCN2CCCC2)nc1)c1cncc(F)c1. The maximum absolute atomic E-state index is 13.3. The second-order valence-corrected chi connectivity index (χ2v) is 7.23. The molecule has 2 amide bonds. The monoisotopic (exact) mass is 439 g/mol. The van der Waals surface area contributed by atoms with Crippen LogP contribution >= 0.6 is 0 Å². The highest BCUT2D eigenvalue weighted by Gasteiger charge is 2.18. The van der Waals surface area contributed by atoms with Gasteiger partial charge < -0.3 is 15.4 Å². The Morgan fingerprint density at radius 3 is 2.72 bits per heavy atom. The number of nitrogens with one attached hydrogen (secondary N) is 3. The first-order valence-corrected chi connectivity index (χ1v) is 10.2. The van der Waals surface area contributed by atoms with Crippen LogP contribution in [0.2, 0.25) is 0 Å². The number of likely N-dealkylation sites (tertiary alicyclic amines) is 1. The van der Waals surface area contributed by atoms with Gasteiger partial charge in [-0.2, -0.15) is 5.10 Å². The van der Waals surface area contributed by atoms with Gasteiger partial charge in [0.2, 0.25) is 5.88 Å². The summed E-state index contributed by atoms with van der Waals surface area (Å²) < 4.78 is 18.9. The molecule has 1 fully saturated rings. The third-order valence-corrected chi connectivity index (χ3v) is 4.92. The first-order valence-electron chi connectivity index (χ1n) is 10.2. The van der Waals surface area contributed by atoms with Crippen molar-refractivity contribution in [3.63, 3.8) is 0 Å². The molecule has 3 N–H and O–H groups in total. The first kappa shape index (κ1) is 21.4. The second kappa shape index (κ2) is 9.96. The summed E-state index contributed by atoms with van der Waals surface area (Å²) >= 11 is 0. The zero-order valence-corrected chi connectivity index (χ0v) is 17.2. The fourth-order valence-electron chi connectivity index (χ4n) is 3.30. The number of carbonyl (C=O) groups is 2. The van der Waals surface area contributed by atoms with Gasteiger partial charge in [-0.15, -0.1) is 0 Å². The lowest BCUT2D eigenvalue weighted by Gasteiger charge is -2.14. The molecule has 32 heavy (non-hydrogen) atoms. The van der Waals surface area contributed by atoms with Crippen molar-refractivity contribution in [2.75, 3.05) is 36.9 Å². The minimum absolute atomic E-state index is 0.0158. The Kier molecular flexibility index (Phi) is 6.66. The molecule has 3 aromatic rings. The summed E-state index contributed by atoms with van der Waals surface area (Å²) in [5.41, 5.74) is 0.568. The average Bonchev–Trinajstić information content (AvgIpc) is 3.47. The van der Waals surface area contributed by atoms with Gasteiger partial charge in [-0.1, -0.05) is 0 Å². The summed E-state index contributed by atoms with van der Waals surface area (Å²) in [4.78, 5) is 35.1. The fraction of sp³-hybridized carbons (Fsp3) is 0.286. The van der Waals surface area contributed by atoms with Gasteiger partial charge in [-0.3, -0.25) is 24.6 Å². The van der Waals surface area contributed by atoms with E-state index in [-0.39, 0.29) is 16.9 Å². The van der Waals surface area contributed by atoms with Crippen LogP contribution in [0.3, 0.4) is 0 Å². The van der Waals surface area contributed by atoms with Crippen LogP contribution in [0.4, 0.5) is 15.8 Å². The number of aromatic amines is 1. The minimum atomic E-state index is -0.640. The highest BCUT2D eigenvalue weighted by Crippen LogP contribution is 2.17. The molecule has 0 atom stereocenters. The van der Waals surface area contributed by atoms with Crippen LogP contribution < -0.4 is 15.4 Å². The number of pyridine rings is 2. The molecule has 0 radical (unpaired) electrons. The van der Waals surface area contributed by atoms with Crippen molar-refractivity contribution in [2.24, 2.45) is 0 Å². The van der Waals surface area contributed by atoms with Gasteiger partial charge in [-0.05, 0) is 38.1 Å². The third kappa shape index (κ3) is 5.43. The van der Waals surface area contributed by atoms with Crippen molar-refractivity contribution in [1.29, 1.82) is 0 Å². The molecule has 4 rings (SSSR count). The summed E-state index contributed by atoms with van der Waals surface area (Å²) in [6, 6.07) is 4.38. The van der Waals surface area contributed by atoms with Gasteiger partial charge in [0.15, 0.2) is 5.69 Å².